The molecule has 0 radical (unpaired) electrons. The van der Waals surface area contributed by atoms with Gasteiger partial charge in [-0.25, -0.2) is 4.98 Å². The number of thioether (sulfide) groups is 1. The van der Waals surface area contributed by atoms with Crippen molar-refractivity contribution in [1.29, 1.82) is 0 Å². The van der Waals surface area contributed by atoms with Gasteiger partial charge in [0.1, 0.15) is 5.01 Å². The second-order valence-corrected chi connectivity index (χ2v) is 9.39. The number of ether oxygens (including phenoxy) is 2. The van der Waals surface area contributed by atoms with E-state index in [2.05, 4.69) is 58.6 Å². The van der Waals surface area contributed by atoms with Crippen molar-refractivity contribution in [3.05, 3.63) is 53.5 Å². The summed E-state index contributed by atoms with van der Waals surface area (Å²) in [5, 5.41) is 12.7. The van der Waals surface area contributed by atoms with Crippen LogP contribution >= 0.6 is 23.1 Å². The molecule has 34 heavy (non-hydrogen) atoms. The van der Waals surface area contributed by atoms with Crippen LogP contribution in [0, 0.1) is 0 Å². The van der Waals surface area contributed by atoms with Gasteiger partial charge < -0.3 is 18.9 Å². The van der Waals surface area contributed by atoms with Crippen molar-refractivity contribution in [1.82, 2.24) is 19.7 Å². The molecule has 2 aromatic carbocycles. The van der Waals surface area contributed by atoms with Crippen LogP contribution in [-0.2, 0) is 12.8 Å². The topological polar surface area (TPSA) is 65.3 Å². The Labute approximate surface area is 208 Å². The molecule has 0 saturated carbocycles. The number of rotatable bonds is 10. The zero-order valence-electron chi connectivity index (χ0n) is 20.1. The van der Waals surface area contributed by atoms with E-state index in [0.29, 0.717) is 11.5 Å². The third-order valence-electron chi connectivity index (χ3n) is 5.62. The van der Waals surface area contributed by atoms with Crippen molar-refractivity contribution >= 4 is 28.8 Å². The Kier molecular flexibility index (Phi) is 7.74. The maximum Gasteiger partial charge on any atom is 0.191 e. The number of thiazole rings is 1. The second kappa shape index (κ2) is 10.9. The van der Waals surface area contributed by atoms with E-state index in [1.54, 1.807) is 37.3 Å². The van der Waals surface area contributed by atoms with Gasteiger partial charge in [-0.3, -0.25) is 0 Å². The van der Waals surface area contributed by atoms with E-state index in [0.717, 1.165) is 51.7 Å². The Morgan fingerprint density at radius 3 is 2.32 bits per heavy atom. The molecule has 2 heterocycles. The van der Waals surface area contributed by atoms with E-state index in [1.165, 1.54) is 5.69 Å². The molecule has 0 aliphatic heterocycles. The van der Waals surface area contributed by atoms with Crippen molar-refractivity contribution in [3.63, 3.8) is 0 Å². The average Bonchev–Trinajstić information content (AvgIpc) is 3.50. The number of benzene rings is 2. The zero-order chi connectivity index (χ0) is 24.1. The number of methoxy groups -OCH3 is 2. The molecule has 0 fully saturated rings. The summed E-state index contributed by atoms with van der Waals surface area (Å²) < 4.78 is 12.8. The molecule has 2 aromatic heterocycles. The molecule has 0 saturated heterocycles. The van der Waals surface area contributed by atoms with Gasteiger partial charge in [-0.05, 0) is 56.3 Å². The summed E-state index contributed by atoms with van der Waals surface area (Å²) in [7, 11) is 5.28. The monoisotopic (exact) mass is 495 g/mol. The van der Waals surface area contributed by atoms with Crippen LogP contribution in [0.5, 0.6) is 11.5 Å². The normalized spacial score (nSPS) is 11.0. The van der Waals surface area contributed by atoms with Crippen LogP contribution in [0.4, 0.5) is 5.69 Å². The van der Waals surface area contributed by atoms with Gasteiger partial charge >= 0.3 is 0 Å². The molecule has 0 bridgehead atoms. The second-order valence-electron chi connectivity index (χ2n) is 7.59. The van der Waals surface area contributed by atoms with Gasteiger partial charge in [-0.15, -0.1) is 21.5 Å². The third-order valence-corrected chi connectivity index (χ3v) is 7.61. The zero-order valence-corrected chi connectivity index (χ0v) is 21.7. The number of nitrogens with zero attached hydrogens (tertiary/aromatic N) is 5. The van der Waals surface area contributed by atoms with Gasteiger partial charge in [-0.2, -0.15) is 0 Å². The van der Waals surface area contributed by atoms with Crippen LogP contribution in [0.2, 0.25) is 0 Å². The highest BCUT2D eigenvalue weighted by molar-refractivity contribution is 7.98. The quantitative estimate of drug-likeness (QED) is 0.259. The molecule has 4 rings (SSSR count). The first kappa shape index (κ1) is 24.1. The van der Waals surface area contributed by atoms with Crippen LogP contribution in [0.1, 0.15) is 19.5 Å². The summed E-state index contributed by atoms with van der Waals surface area (Å²) >= 11 is 3.25. The van der Waals surface area contributed by atoms with Gasteiger partial charge in [0.05, 0.1) is 19.9 Å². The third kappa shape index (κ3) is 5.05. The van der Waals surface area contributed by atoms with Crippen LogP contribution in [0.15, 0.2) is 53.0 Å². The Bertz CT molecular complexity index is 1230. The first-order chi connectivity index (χ1) is 16.6. The molecular weight excluding hydrogens is 466 g/mol. The fourth-order valence-electron chi connectivity index (χ4n) is 3.72. The predicted octanol–water partition coefficient (Wildman–Crippen LogP) is 5.76. The van der Waals surface area contributed by atoms with Gasteiger partial charge in [0, 0.05) is 48.1 Å². The number of hydrogen-bond donors (Lipinski definition) is 0. The van der Waals surface area contributed by atoms with Crippen LogP contribution in [0.3, 0.4) is 0 Å². The molecule has 0 aliphatic carbocycles. The number of aromatic nitrogens is 4. The van der Waals surface area contributed by atoms with E-state index in [-0.39, 0.29) is 0 Å². The molecule has 178 valence electrons. The fraction of sp³-hybridized carbons (Fsp3) is 0.320. The smallest absolute Gasteiger partial charge is 0.191 e. The summed E-state index contributed by atoms with van der Waals surface area (Å²) in [5.41, 5.74) is 4.29. The molecular formula is C25H29N5O2S2. The molecule has 0 atom stereocenters. The summed E-state index contributed by atoms with van der Waals surface area (Å²) in [4.78, 5) is 7.13. The van der Waals surface area contributed by atoms with Crippen molar-refractivity contribution in [3.8, 4) is 33.5 Å². The summed E-state index contributed by atoms with van der Waals surface area (Å²) in [6.07, 6.45) is 0. The fourth-order valence-corrected chi connectivity index (χ4v) is 5.44. The summed E-state index contributed by atoms with van der Waals surface area (Å²) in [6.45, 7) is 6.32. The van der Waals surface area contributed by atoms with Crippen molar-refractivity contribution < 1.29 is 9.47 Å². The Balaban J connectivity index is 1.44. The standard InChI is InChI=1S/C25H29N5O2S2/c1-6-30(7-2)20-11-8-17(9-12-20)23-27-28-25(29(23)3)34-16-19-15-33-24(26-19)18-10-13-21(31-4)22(14-18)32-5/h8-15H,6-7,16H2,1-5H3. The first-order valence-corrected chi connectivity index (χ1v) is 13.0. The predicted molar refractivity (Wildman–Crippen MR) is 140 cm³/mol. The Morgan fingerprint density at radius 2 is 1.65 bits per heavy atom. The molecule has 0 aliphatic rings. The van der Waals surface area contributed by atoms with Gasteiger partial charge in [0.25, 0.3) is 0 Å². The van der Waals surface area contributed by atoms with E-state index in [4.69, 9.17) is 14.5 Å². The number of hydrogen-bond acceptors (Lipinski definition) is 8. The highest BCUT2D eigenvalue weighted by Gasteiger charge is 2.14. The van der Waals surface area contributed by atoms with Crippen molar-refractivity contribution in [2.45, 2.75) is 24.8 Å². The molecule has 9 heteroatoms. The minimum absolute atomic E-state index is 0.697. The molecule has 0 spiro atoms. The molecule has 4 aromatic rings. The van der Waals surface area contributed by atoms with Gasteiger partial charge in [-0.1, -0.05) is 11.8 Å². The van der Waals surface area contributed by atoms with Gasteiger partial charge in [0.15, 0.2) is 22.5 Å². The minimum atomic E-state index is 0.697. The SMILES string of the molecule is CCN(CC)c1ccc(-c2nnc(SCc3csc(-c4ccc(OC)c(OC)c4)n3)n2C)cc1. The molecule has 0 N–H and O–H groups in total. The van der Waals surface area contributed by atoms with E-state index >= 15 is 0 Å². The summed E-state index contributed by atoms with van der Waals surface area (Å²) in [6, 6.07) is 14.4. The van der Waals surface area contributed by atoms with Crippen molar-refractivity contribution in [2.75, 3.05) is 32.2 Å². The Morgan fingerprint density at radius 1 is 0.941 bits per heavy atom. The lowest BCUT2D eigenvalue weighted by atomic mass is 10.2. The first-order valence-electron chi connectivity index (χ1n) is 11.1. The van der Waals surface area contributed by atoms with E-state index < -0.39 is 0 Å². The average molecular weight is 496 g/mol. The maximum atomic E-state index is 5.42. The lowest BCUT2D eigenvalue weighted by Gasteiger charge is -2.21. The van der Waals surface area contributed by atoms with Gasteiger partial charge in [0.2, 0.25) is 0 Å². The lowest BCUT2D eigenvalue weighted by Crippen LogP contribution is -2.21. The highest BCUT2D eigenvalue weighted by Crippen LogP contribution is 2.34. The van der Waals surface area contributed by atoms with Crippen molar-refractivity contribution in [2.24, 2.45) is 7.05 Å². The highest BCUT2D eigenvalue weighted by atomic mass is 32.2. The maximum absolute atomic E-state index is 5.42. The summed E-state index contributed by atoms with van der Waals surface area (Å²) in [5.74, 6) is 2.98. The van der Waals surface area contributed by atoms with Crippen LogP contribution in [-0.4, -0.2) is 47.1 Å². The van der Waals surface area contributed by atoms with Crippen LogP contribution in [0.25, 0.3) is 22.0 Å². The Hall–Kier alpha value is -3.04. The van der Waals surface area contributed by atoms with Crippen LogP contribution < -0.4 is 14.4 Å². The molecule has 0 unspecified atom stereocenters. The molecule has 7 nitrogen and oxygen atoms in total. The molecule has 0 amide bonds. The number of anilines is 1. The van der Waals surface area contributed by atoms with E-state index in [1.807, 2.05) is 29.8 Å². The minimum Gasteiger partial charge on any atom is -0.493 e. The van der Waals surface area contributed by atoms with E-state index in [9.17, 15) is 0 Å². The largest absolute Gasteiger partial charge is 0.493 e. The lowest BCUT2D eigenvalue weighted by molar-refractivity contribution is 0.355.